The molecule has 0 amide bonds. The van der Waals surface area contributed by atoms with Crippen LogP contribution < -0.4 is 0 Å². The lowest BCUT2D eigenvalue weighted by atomic mass is 10.2. The van der Waals surface area contributed by atoms with Gasteiger partial charge in [-0.15, -0.1) is 10.2 Å². The first-order valence-electron chi connectivity index (χ1n) is 8.73. The molecule has 4 heterocycles. The summed E-state index contributed by atoms with van der Waals surface area (Å²) in [5.74, 6) is 0. The Kier molecular flexibility index (Phi) is 3.30. The van der Waals surface area contributed by atoms with E-state index in [4.69, 9.17) is 4.98 Å². The molecule has 0 unspecified atom stereocenters. The lowest BCUT2D eigenvalue weighted by Crippen LogP contribution is -1.99. The number of rotatable bonds is 2. The van der Waals surface area contributed by atoms with Crippen LogP contribution >= 0.6 is 0 Å². The second-order valence-corrected chi connectivity index (χ2v) is 6.63. The molecule has 0 fully saturated rings. The van der Waals surface area contributed by atoms with Crippen molar-refractivity contribution in [3.63, 3.8) is 0 Å². The molecule has 4 aromatic heterocycles. The average Bonchev–Trinajstić information content (AvgIpc) is 3.22. The zero-order valence-electron chi connectivity index (χ0n) is 15.2. The third-order valence-electron chi connectivity index (χ3n) is 4.71. The van der Waals surface area contributed by atoms with Gasteiger partial charge in [0.15, 0.2) is 11.3 Å². The van der Waals surface area contributed by atoms with Crippen LogP contribution in [0.2, 0.25) is 0 Å². The maximum absolute atomic E-state index is 4.84. The molecule has 0 radical (unpaired) electrons. The second kappa shape index (κ2) is 5.70. The fourth-order valence-corrected chi connectivity index (χ4v) is 3.45. The number of hydrogen-bond donors (Lipinski definition) is 0. The van der Waals surface area contributed by atoms with Crippen molar-refractivity contribution in [2.45, 2.75) is 20.8 Å². The van der Waals surface area contributed by atoms with E-state index in [-0.39, 0.29) is 0 Å². The van der Waals surface area contributed by atoms with Crippen LogP contribution in [0.3, 0.4) is 0 Å². The smallest absolute Gasteiger partial charge is 0.184 e. The molecule has 7 nitrogen and oxygen atoms in total. The van der Waals surface area contributed by atoms with Gasteiger partial charge in [-0.05, 0) is 50.6 Å². The van der Waals surface area contributed by atoms with Crippen molar-refractivity contribution in [1.29, 1.82) is 0 Å². The van der Waals surface area contributed by atoms with Crippen molar-refractivity contribution in [3.05, 3.63) is 65.6 Å². The third kappa shape index (κ3) is 2.39. The predicted molar refractivity (Wildman–Crippen MR) is 103 cm³/mol. The number of aromatic nitrogens is 7. The van der Waals surface area contributed by atoms with Crippen LogP contribution in [0.5, 0.6) is 0 Å². The first-order chi connectivity index (χ1) is 13.1. The Morgan fingerprint density at radius 2 is 1.74 bits per heavy atom. The molecular weight excluding hydrogens is 338 g/mol. The molecule has 0 aliphatic carbocycles. The minimum atomic E-state index is 0.710. The highest BCUT2D eigenvalue weighted by Gasteiger charge is 2.16. The van der Waals surface area contributed by atoms with Gasteiger partial charge in [-0.1, -0.05) is 23.4 Å². The van der Waals surface area contributed by atoms with Gasteiger partial charge in [0.05, 0.1) is 22.5 Å². The Morgan fingerprint density at radius 3 is 2.56 bits per heavy atom. The van der Waals surface area contributed by atoms with Gasteiger partial charge in [0.2, 0.25) is 0 Å². The number of nitrogens with zero attached hydrogens (tertiary/aromatic N) is 7. The molecule has 0 saturated carbocycles. The summed E-state index contributed by atoms with van der Waals surface area (Å²) in [4.78, 5) is 9.37. The summed E-state index contributed by atoms with van der Waals surface area (Å²) < 4.78 is 3.59. The number of fused-ring (bicyclic) bond motifs is 3. The van der Waals surface area contributed by atoms with Crippen molar-refractivity contribution in [3.8, 4) is 17.1 Å². The van der Waals surface area contributed by atoms with E-state index in [1.54, 1.807) is 4.52 Å². The molecule has 5 rings (SSSR count). The topological polar surface area (TPSA) is 73.8 Å². The Bertz CT molecular complexity index is 1300. The second-order valence-electron chi connectivity index (χ2n) is 6.63. The molecule has 7 heteroatoms. The average molecular weight is 355 g/mol. The third-order valence-corrected chi connectivity index (χ3v) is 4.71. The first-order valence-corrected chi connectivity index (χ1v) is 8.73. The molecule has 27 heavy (non-hydrogen) atoms. The van der Waals surface area contributed by atoms with E-state index in [0.717, 1.165) is 45.1 Å². The Labute approximate surface area is 155 Å². The lowest BCUT2D eigenvalue weighted by Gasteiger charge is -2.03. The van der Waals surface area contributed by atoms with E-state index in [1.165, 1.54) is 0 Å². The molecule has 0 saturated heterocycles. The van der Waals surface area contributed by atoms with Gasteiger partial charge >= 0.3 is 0 Å². The van der Waals surface area contributed by atoms with E-state index < -0.39 is 0 Å². The van der Waals surface area contributed by atoms with E-state index in [2.05, 4.69) is 33.4 Å². The molecule has 0 spiro atoms. The van der Waals surface area contributed by atoms with Crippen molar-refractivity contribution in [2.75, 3.05) is 0 Å². The van der Waals surface area contributed by atoms with Crippen LogP contribution in [-0.2, 0) is 0 Å². The minimum absolute atomic E-state index is 0.710. The van der Waals surface area contributed by atoms with Gasteiger partial charge in [0, 0.05) is 11.9 Å². The van der Waals surface area contributed by atoms with E-state index in [9.17, 15) is 0 Å². The van der Waals surface area contributed by atoms with Gasteiger partial charge in [-0.25, -0.2) is 19.2 Å². The number of para-hydroxylation sites is 1. The van der Waals surface area contributed by atoms with Crippen LogP contribution in [0.4, 0.5) is 0 Å². The van der Waals surface area contributed by atoms with Gasteiger partial charge in [-0.3, -0.25) is 0 Å². The van der Waals surface area contributed by atoms with Crippen molar-refractivity contribution < 1.29 is 0 Å². The summed E-state index contributed by atoms with van der Waals surface area (Å²) in [6, 6.07) is 13.9. The van der Waals surface area contributed by atoms with Crippen LogP contribution in [0.15, 0.2) is 48.7 Å². The van der Waals surface area contributed by atoms with Gasteiger partial charge in [0.1, 0.15) is 5.69 Å². The van der Waals surface area contributed by atoms with Gasteiger partial charge in [0.25, 0.3) is 0 Å². The van der Waals surface area contributed by atoms with E-state index in [0.29, 0.717) is 5.65 Å². The summed E-state index contributed by atoms with van der Waals surface area (Å²) in [7, 11) is 0. The highest BCUT2D eigenvalue weighted by Crippen LogP contribution is 2.25. The molecular formula is C20H17N7. The van der Waals surface area contributed by atoms with Crippen molar-refractivity contribution in [2.24, 2.45) is 0 Å². The van der Waals surface area contributed by atoms with Crippen LogP contribution in [0.25, 0.3) is 33.8 Å². The monoisotopic (exact) mass is 355 g/mol. The molecule has 0 aliphatic rings. The molecule has 0 N–H and O–H groups in total. The number of aryl methyl sites for hydroxylation is 2. The maximum atomic E-state index is 4.84. The SMILES string of the molecule is Cc1cc(C)c2c(n1)nn1ccc(-c3nnn(-c4ccccc4)c3C)nc21. The Morgan fingerprint density at radius 1 is 0.926 bits per heavy atom. The minimum Gasteiger partial charge on any atom is -0.232 e. The maximum Gasteiger partial charge on any atom is 0.184 e. The molecule has 5 aromatic rings. The fourth-order valence-electron chi connectivity index (χ4n) is 3.45. The summed E-state index contributed by atoms with van der Waals surface area (Å²) in [5, 5.41) is 14.2. The largest absolute Gasteiger partial charge is 0.232 e. The normalized spacial score (nSPS) is 11.5. The number of benzene rings is 1. The molecule has 1 aromatic carbocycles. The zero-order chi connectivity index (χ0) is 18.5. The summed E-state index contributed by atoms with van der Waals surface area (Å²) in [6.07, 6.45) is 1.90. The number of hydrogen-bond acceptors (Lipinski definition) is 5. The van der Waals surface area contributed by atoms with Crippen LogP contribution in [0, 0.1) is 20.8 Å². The quantitative estimate of drug-likeness (QED) is 0.485. The highest BCUT2D eigenvalue weighted by atomic mass is 15.4. The summed E-state index contributed by atoms with van der Waals surface area (Å²) in [5.41, 5.74) is 6.99. The Balaban J connectivity index is 1.70. The molecule has 0 bridgehead atoms. The predicted octanol–water partition coefficient (Wildman–Crippen LogP) is 3.45. The van der Waals surface area contributed by atoms with Crippen LogP contribution in [0.1, 0.15) is 17.0 Å². The fraction of sp³-hybridized carbons (Fsp3) is 0.150. The summed E-state index contributed by atoms with van der Waals surface area (Å²) in [6.45, 7) is 6.03. The van der Waals surface area contributed by atoms with E-state index >= 15 is 0 Å². The van der Waals surface area contributed by atoms with Gasteiger partial charge < -0.3 is 0 Å². The Hall–Kier alpha value is -3.61. The summed E-state index contributed by atoms with van der Waals surface area (Å²) >= 11 is 0. The molecule has 132 valence electrons. The van der Waals surface area contributed by atoms with Gasteiger partial charge in [-0.2, -0.15) is 0 Å². The van der Waals surface area contributed by atoms with Crippen molar-refractivity contribution in [1.82, 2.24) is 34.6 Å². The molecule has 0 atom stereocenters. The first kappa shape index (κ1) is 15.6. The number of pyridine rings is 1. The lowest BCUT2D eigenvalue weighted by molar-refractivity contribution is 0.785. The molecule has 0 aliphatic heterocycles. The van der Waals surface area contributed by atoms with E-state index in [1.807, 2.05) is 61.1 Å². The highest BCUT2D eigenvalue weighted by molar-refractivity contribution is 5.93. The standard InChI is InChI=1S/C20H17N7/c1-12-11-13(2)21-19-17(12)20-22-16(9-10-26(20)24-19)18-14(3)27(25-23-18)15-7-5-4-6-8-15/h4-11H,1-3H3. The van der Waals surface area contributed by atoms with Crippen LogP contribution in [-0.4, -0.2) is 34.6 Å². The zero-order valence-corrected chi connectivity index (χ0v) is 15.2. The van der Waals surface area contributed by atoms with Crippen molar-refractivity contribution >= 4 is 16.7 Å².